The Kier molecular flexibility index (Phi) is 4.87. The van der Waals surface area contributed by atoms with Crippen LogP contribution in [0.1, 0.15) is 30.1 Å². The van der Waals surface area contributed by atoms with Crippen molar-refractivity contribution in [3.05, 3.63) is 39.9 Å². The third kappa shape index (κ3) is 4.30. The largest absolute Gasteiger partial charge is 0.389 e. The van der Waals surface area contributed by atoms with Gasteiger partial charge in [0.15, 0.2) is 0 Å². The molecule has 1 aromatic rings. The van der Waals surface area contributed by atoms with E-state index in [2.05, 4.69) is 4.74 Å². The molecular formula is C12H11NO6. The van der Waals surface area contributed by atoms with Gasteiger partial charge in [0, 0.05) is 18.6 Å². The number of carbonyl (C=O) groups excluding carboxylic acids is 3. The highest BCUT2D eigenvalue weighted by molar-refractivity contribution is 6.02. The summed E-state index contributed by atoms with van der Waals surface area (Å²) in [7, 11) is 0. The number of rotatable bonds is 5. The van der Waals surface area contributed by atoms with Gasteiger partial charge in [-0.2, -0.15) is 0 Å². The fraction of sp³-hybridized carbons (Fsp3) is 0.250. The van der Waals surface area contributed by atoms with E-state index >= 15 is 0 Å². The zero-order valence-electron chi connectivity index (χ0n) is 10.1. The van der Waals surface area contributed by atoms with Gasteiger partial charge >= 0.3 is 11.9 Å². The summed E-state index contributed by atoms with van der Waals surface area (Å²) < 4.78 is 4.44. The van der Waals surface area contributed by atoms with Gasteiger partial charge in [-0.25, -0.2) is 4.79 Å². The van der Waals surface area contributed by atoms with E-state index < -0.39 is 23.3 Å². The highest BCUT2D eigenvalue weighted by atomic mass is 16.6. The van der Waals surface area contributed by atoms with E-state index in [-0.39, 0.29) is 23.5 Å². The van der Waals surface area contributed by atoms with E-state index in [9.17, 15) is 24.5 Å². The van der Waals surface area contributed by atoms with E-state index in [1.54, 1.807) is 6.92 Å². The van der Waals surface area contributed by atoms with Crippen LogP contribution in [0.4, 0.5) is 5.69 Å². The molecule has 1 aromatic carbocycles. The molecule has 0 heterocycles. The summed E-state index contributed by atoms with van der Waals surface area (Å²) in [6.45, 7) is 1.59. The summed E-state index contributed by atoms with van der Waals surface area (Å²) >= 11 is 0. The van der Waals surface area contributed by atoms with Crippen molar-refractivity contribution in [1.82, 2.24) is 0 Å². The molecule has 0 aliphatic carbocycles. The number of carbonyl (C=O) groups is 3. The van der Waals surface area contributed by atoms with Crippen LogP contribution < -0.4 is 0 Å². The van der Waals surface area contributed by atoms with E-state index in [1.165, 1.54) is 12.1 Å². The summed E-state index contributed by atoms with van der Waals surface area (Å²) in [5.74, 6) is -2.21. The van der Waals surface area contributed by atoms with Crippen LogP contribution in [0.25, 0.3) is 0 Å². The van der Waals surface area contributed by atoms with Gasteiger partial charge in [-0.15, -0.1) is 0 Å². The Morgan fingerprint density at radius 2 is 1.79 bits per heavy atom. The molecule has 0 N–H and O–H groups in total. The Morgan fingerprint density at radius 3 is 2.26 bits per heavy atom. The number of ketones is 1. The Hall–Kier alpha value is -2.57. The number of nitro benzene ring substituents is 1. The van der Waals surface area contributed by atoms with Crippen molar-refractivity contribution in [1.29, 1.82) is 0 Å². The molecule has 0 radical (unpaired) electrons. The summed E-state index contributed by atoms with van der Waals surface area (Å²) in [6.07, 6.45) is -0.282. The number of hydrogen-bond acceptors (Lipinski definition) is 6. The van der Waals surface area contributed by atoms with Crippen LogP contribution in [0, 0.1) is 10.1 Å². The Bertz CT molecular complexity index is 520. The molecule has 1 rings (SSSR count). The lowest BCUT2D eigenvalue weighted by Crippen LogP contribution is -2.15. The van der Waals surface area contributed by atoms with E-state index in [1.807, 2.05) is 0 Å². The average molecular weight is 265 g/mol. The molecule has 0 saturated carbocycles. The lowest BCUT2D eigenvalue weighted by atomic mass is 10.2. The van der Waals surface area contributed by atoms with Crippen molar-refractivity contribution in [2.45, 2.75) is 19.8 Å². The first-order chi connectivity index (χ1) is 8.93. The summed E-state index contributed by atoms with van der Waals surface area (Å²) in [5, 5.41) is 10.4. The number of non-ortho nitro benzene ring substituents is 1. The van der Waals surface area contributed by atoms with Crippen LogP contribution in [0.5, 0.6) is 0 Å². The van der Waals surface area contributed by atoms with Crippen molar-refractivity contribution >= 4 is 23.4 Å². The Morgan fingerprint density at radius 1 is 1.21 bits per heavy atom. The second-order valence-corrected chi connectivity index (χ2v) is 3.63. The molecule has 0 aromatic heterocycles. The predicted octanol–water partition coefficient (Wildman–Crippen LogP) is 1.65. The molecule has 7 heteroatoms. The molecule has 7 nitrogen and oxygen atoms in total. The van der Waals surface area contributed by atoms with Crippen LogP contribution >= 0.6 is 0 Å². The van der Waals surface area contributed by atoms with Gasteiger partial charge in [-0.3, -0.25) is 19.7 Å². The average Bonchev–Trinajstić information content (AvgIpc) is 2.38. The van der Waals surface area contributed by atoms with Gasteiger partial charge in [0.2, 0.25) is 0 Å². The van der Waals surface area contributed by atoms with Gasteiger partial charge in [0.25, 0.3) is 5.69 Å². The smallest absolute Gasteiger partial charge is 0.345 e. The van der Waals surface area contributed by atoms with Gasteiger partial charge in [0.05, 0.1) is 10.5 Å². The highest BCUT2D eigenvalue weighted by Crippen LogP contribution is 2.12. The van der Waals surface area contributed by atoms with E-state index in [0.717, 1.165) is 12.1 Å². The second kappa shape index (κ2) is 6.39. The molecule has 100 valence electrons. The monoisotopic (exact) mass is 265 g/mol. The maximum atomic E-state index is 11.5. The van der Waals surface area contributed by atoms with Crippen molar-refractivity contribution in [2.24, 2.45) is 0 Å². The quantitative estimate of drug-likeness (QED) is 0.347. The molecule has 0 aliphatic heterocycles. The molecule has 0 aliphatic rings. The first kappa shape index (κ1) is 14.5. The van der Waals surface area contributed by atoms with Crippen LogP contribution in [-0.4, -0.2) is 22.6 Å². The van der Waals surface area contributed by atoms with E-state index in [0.29, 0.717) is 0 Å². The number of nitrogens with zero attached hydrogens (tertiary/aromatic N) is 1. The minimum absolute atomic E-state index is 0.00268. The SMILES string of the molecule is CCC(=O)CC(=O)OC(=O)c1ccc([N+](=O)[O-])cc1. The Labute approximate surface area is 108 Å². The third-order valence-electron chi connectivity index (χ3n) is 2.26. The lowest BCUT2D eigenvalue weighted by molar-refractivity contribution is -0.384. The molecule has 0 fully saturated rings. The number of nitro groups is 1. The summed E-state index contributed by atoms with van der Waals surface area (Å²) in [4.78, 5) is 43.5. The Balaban J connectivity index is 2.65. The normalized spacial score (nSPS) is 9.74. The van der Waals surface area contributed by atoms with Crippen LogP contribution in [-0.2, 0) is 14.3 Å². The van der Waals surface area contributed by atoms with Crippen molar-refractivity contribution < 1.29 is 24.0 Å². The van der Waals surface area contributed by atoms with Gasteiger partial charge in [-0.1, -0.05) is 6.92 Å². The fourth-order valence-electron chi connectivity index (χ4n) is 1.20. The number of ether oxygens (including phenoxy) is 1. The molecule has 0 unspecified atom stereocenters. The van der Waals surface area contributed by atoms with Crippen LogP contribution in [0.2, 0.25) is 0 Å². The minimum atomic E-state index is -0.941. The topological polar surface area (TPSA) is 104 Å². The molecule has 0 bridgehead atoms. The molecular weight excluding hydrogens is 254 g/mol. The number of hydrogen-bond donors (Lipinski definition) is 0. The standard InChI is InChI=1S/C12H11NO6/c1-2-10(14)7-11(15)19-12(16)8-3-5-9(6-4-8)13(17)18/h3-6H,2,7H2,1H3. The van der Waals surface area contributed by atoms with Gasteiger partial charge < -0.3 is 4.74 Å². The third-order valence-corrected chi connectivity index (χ3v) is 2.26. The van der Waals surface area contributed by atoms with Crippen molar-refractivity contribution in [3.63, 3.8) is 0 Å². The zero-order valence-corrected chi connectivity index (χ0v) is 10.1. The highest BCUT2D eigenvalue weighted by Gasteiger charge is 2.16. The van der Waals surface area contributed by atoms with Crippen LogP contribution in [0.15, 0.2) is 24.3 Å². The van der Waals surface area contributed by atoms with Crippen molar-refractivity contribution in [3.8, 4) is 0 Å². The molecule has 19 heavy (non-hydrogen) atoms. The minimum Gasteiger partial charge on any atom is -0.389 e. The number of Topliss-reactive ketones (excluding diaryl/α,β-unsaturated/α-hetero) is 1. The molecule has 0 amide bonds. The van der Waals surface area contributed by atoms with Gasteiger partial charge in [-0.05, 0) is 12.1 Å². The summed E-state index contributed by atoms with van der Waals surface area (Å²) in [5.41, 5.74) is -0.174. The lowest BCUT2D eigenvalue weighted by Gasteiger charge is -2.02. The van der Waals surface area contributed by atoms with Gasteiger partial charge in [0.1, 0.15) is 12.2 Å². The number of benzene rings is 1. The molecule has 0 spiro atoms. The number of esters is 2. The predicted molar refractivity (Wildman–Crippen MR) is 63.4 cm³/mol. The molecule has 0 atom stereocenters. The van der Waals surface area contributed by atoms with Crippen molar-refractivity contribution in [2.75, 3.05) is 0 Å². The fourth-order valence-corrected chi connectivity index (χ4v) is 1.20. The zero-order chi connectivity index (χ0) is 14.4. The first-order valence-electron chi connectivity index (χ1n) is 5.45. The maximum Gasteiger partial charge on any atom is 0.345 e. The first-order valence-corrected chi connectivity index (χ1v) is 5.45. The second-order valence-electron chi connectivity index (χ2n) is 3.63. The maximum absolute atomic E-state index is 11.5. The van der Waals surface area contributed by atoms with E-state index in [4.69, 9.17) is 0 Å². The summed E-state index contributed by atoms with van der Waals surface area (Å²) in [6, 6.07) is 4.60. The molecule has 0 saturated heterocycles. The van der Waals surface area contributed by atoms with Crippen LogP contribution in [0.3, 0.4) is 0 Å².